The summed E-state index contributed by atoms with van der Waals surface area (Å²) in [5.74, 6) is -0.563. The first kappa shape index (κ1) is 14.2. The second-order valence-corrected chi connectivity index (χ2v) is 4.98. The number of nitrogen functional groups attached to an aromatic ring is 1. The second-order valence-electron chi connectivity index (χ2n) is 4.57. The molecule has 104 valence electrons. The fourth-order valence-electron chi connectivity index (χ4n) is 1.99. The molecule has 2 aromatic carbocycles. The smallest absolute Gasteiger partial charge is 0.250 e. The zero-order chi connectivity index (χ0) is 14.7. The molecule has 0 saturated heterocycles. The van der Waals surface area contributed by atoms with Gasteiger partial charge in [0, 0.05) is 12.2 Å². The summed E-state index contributed by atoms with van der Waals surface area (Å²) in [5.41, 5.74) is 14.5. The van der Waals surface area contributed by atoms with E-state index < -0.39 is 5.91 Å². The van der Waals surface area contributed by atoms with Gasteiger partial charge in [0.05, 0.1) is 16.3 Å². The van der Waals surface area contributed by atoms with Gasteiger partial charge in [-0.15, -0.1) is 0 Å². The molecule has 0 unspecified atom stereocenters. The molecule has 0 atom stereocenters. The molecule has 2 aromatic rings. The van der Waals surface area contributed by atoms with Crippen LogP contribution in [-0.4, -0.2) is 5.91 Å². The Bertz CT molecular complexity index is 656. The Labute approximate surface area is 122 Å². The van der Waals surface area contributed by atoms with E-state index in [0.29, 0.717) is 28.5 Å². The fraction of sp³-hybridized carbons (Fsp3) is 0.133. The summed E-state index contributed by atoms with van der Waals surface area (Å²) in [7, 11) is 0. The van der Waals surface area contributed by atoms with Gasteiger partial charge in [0.15, 0.2) is 0 Å². The third-order valence-corrected chi connectivity index (χ3v) is 3.39. The highest BCUT2D eigenvalue weighted by Crippen LogP contribution is 2.29. The number of carbonyl (C=O) groups is 1. The molecule has 0 aliphatic rings. The summed E-state index contributed by atoms with van der Waals surface area (Å²) in [6.07, 6.45) is 0. The van der Waals surface area contributed by atoms with Crippen LogP contribution in [0.4, 0.5) is 11.4 Å². The van der Waals surface area contributed by atoms with Crippen molar-refractivity contribution in [1.29, 1.82) is 0 Å². The summed E-state index contributed by atoms with van der Waals surface area (Å²) in [6, 6.07) is 11.1. The summed E-state index contributed by atoms with van der Waals surface area (Å²) in [4.78, 5) is 11.5. The predicted molar refractivity (Wildman–Crippen MR) is 82.9 cm³/mol. The van der Waals surface area contributed by atoms with Crippen LogP contribution in [0.1, 0.15) is 21.5 Å². The van der Waals surface area contributed by atoms with Crippen molar-refractivity contribution in [3.63, 3.8) is 0 Å². The van der Waals surface area contributed by atoms with Gasteiger partial charge in [-0.3, -0.25) is 4.79 Å². The molecule has 1 amide bonds. The van der Waals surface area contributed by atoms with Crippen molar-refractivity contribution >= 4 is 28.9 Å². The number of nitrogens with one attached hydrogen (secondary N) is 1. The Morgan fingerprint density at radius 3 is 2.65 bits per heavy atom. The van der Waals surface area contributed by atoms with Crippen molar-refractivity contribution in [2.45, 2.75) is 13.5 Å². The van der Waals surface area contributed by atoms with Gasteiger partial charge in [-0.25, -0.2) is 0 Å². The maximum absolute atomic E-state index is 11.5. The maximum Gasteiger partial charge on any atom is 0.250 e. The number of anilines is 2. The van der Waals surface area contributed by atoms with Crippen LogP contribution in [0.5, 0.6) is 0 Å². The number of aryl methyl sites for hydroxylation is 1. The molecule has 0 aliphatic heterocycles. The lowest BCUT2D eigenvalue weighted by Crippen LogP contribution is -2.15. The number of rotatable bonds is 4. The van der Waals surface area contributed by atoms with E-state index in [2.05, 4.69) is 5.32 Å². The lowest BCUT2D eigenvalue weighted by molar-refractivity contribution is 0.100. The van der Waals surface area contributed by atoms with Crippen LogP contribution < -0.4 is 16.8 Å². The molecule has 0 fully saturated rings. The van der Waals surface area contributed by atoms with E-state index in [4.69, 9.17) is 23.1 Å². The number of benzene rings is 2. The Morgan fingerprint density at radius 2 is 2.00 bits per heavy atom. The van der Waals surface area contributed by atoms with Crippen LogP contribution in [0.25, 0.3) is 0 Å². The minimum absolute atomic E-state index is 0.295. The van der Waals surface area contributed by atoms with E-state index >= 15 is 0 Å². The van der Waals surface area contributed by atoms with E-state index in [0.717, 1.165) is 11.1 Å². The van der Waals surface area contributed by atoms with Crippen LogP contribution in [0.3, 0.4) is 0 Å². The van der Waals surface area contributed by atoms with Gasteiger partial charge in [0.1, 0.15) is 0 Å². The molecule has 0 spiro atoms. The first-order chi connectivity index (χ1) is 9.49. The van der Waals surface area contributed by atoms with Gasteiger partial charge < -0.3 is 16.8 Å². The van der Waals surface area contributed by atoms with Crippen molar-refractivity contribution in [2.24, 2.45) is 5.73 Å². The second kappa shape index (κ2) is 5.84. The van der Waals surface area contributed by atoms with Gasteiger partial charge >= 0.3 is 0 Å². The lowest BCUT2D eigenvalue weighted by Gasteiger charge is -2.14. The summed E-state index contributed by atoms with van der Waals surface area (Å²) >= 11 is 6.13. The average Bonchev–Trinajstić information content (AvgIpc) is 2.38. The average molecular weight is 290 g/mol. The van der Waals surface area contributed by atoms with Crippen molar-refractivity contribution in [1.82, 2.24) is 0 Å². The minimum atomic E-state index is -0.563. The molecular formula is C15H16ClN3O. The number of amides is 1. The summed E-state index contributed by atoms with van der Waals surface area (Å²) in [5, 5.41) is 3.54. The zero-order valence-corrected chi connectivity index (χ0v) is 11.9. The largest absolute Gasteiger partial charge is 0.399 e. The Kier molecular flexibility index (Phi) is 4.15. The Balaban J connectivity index is 2.30. The molecule has 2 rings (SSSR count). The van der Waals surface area contributed by atoms with E-state index in [9.17, 15) is 4.79 Å². The number of halogens is 1. The molecule has 0 heterocycles. The lowest BCUT2D eigenvalue weighted by atomic mass is 10.1. The molecule has 0 saturated carbocycles. The van der Waals surface area contributed by atoms with E-state index in [1.165, 1.54) is 6.07 Å². The fourth-order valence-corrected chi connectivity index (χ4v) is 2.29. The van der Waals surface area contributed by atoms with Crippen molar-refractivity contribution in [2.75, 3.05) is 11.1 Å². The molecule has 4 nitrogen and oxygen atoms in total. The molecular weight excluding hydrogens is 274 g/mol. The van der Waals surface area contributed by atoms with Crippen molar-refractivity contribution in [3.05, 3.63) is 58.1 Å². The van der Waals surface area contributed by atoms with Crippen LogP contribution >= 0.6 is 11.6 Å². The van der Waals surface area contributed by atoms with Crippen molar-refractivity contribution in [3.8, 4) is 0 Å². The van der Waals surface area contributed by atoms with Gasteiger partial charge in [0.2, 0.25) is 0 Å². The topological polar surface area (TPSA) is 81.1 Å². The maximum atomic E-state index is 11.5. The Hall–Kier alpha value is -2.20. The molecule has 0 aromatic heterocycles. The van der Waals surface area contributed by atoms with E-state index in [-0.39, 0.29) is 0 Å². The Morgan fingerprint density at radius 1 is 1.30 bits per heavy atom. The minimum Gasteiger partial charge on any atom is -0.399 e. The molecule has 20 heavy (non-hydrogen) atoms. The number of hydrogen-bond acceptors (Lipinski definition) is 3. The van der Waals surface area contributed by atoms with Crippen LogP contribution in [0, 0.1) is 6.92 Å². The van der Waals surface area contributed by atoms with Crippen molar-refractivity contribution < 1.29 is 4.79 Å². The highest BCUT2D eigenvalue weighted by Gasteiger charge is 2.13. The highest BCUT2D eigenvalue weighted by molar-refractivity contribution is 6.34. The molecule has 0 radical (unpaired) electrons. The standard InChI is InChI=1S/C15H16ClN3O/c1-9-4-2-3-5-10(9)8-19-14-12(15(18)20)6-11(17)7-13(14)16/h2-7,19H,8,17H2,1H3,(H2,18,20). The van der Waals surface area contributed by atoms with Gasteiger partial charge in [-0.05, 0) is 30.2 Å². The van der Waals surface area contributed by atoms with Gasteiger partial charge in [0.25, 0.3) is 5.91 Å². The number of carbonyl (C=O) groups excluding carboxylic acids is 1. The normalized spacial score (nSPS) is 10.3. The first-order valence-corrected chi connectivity index (χ1v) is 6.54. The summed E-state index contributed by atoms with van der Waals surface area (Å²) in [6.45, 7) is 2.58. The highest BCUT2D eigenvalue weighted by atomic mass is 35.5. The van der Waals surface area contributed by atoms with Gasteiger partial charge in [-0.1, -0.05) is 35.9 Å². The van der Waals surface area contributed by atoms with Crippen LogP contribution in [-0.2, 0) is 6.54 Å². The van der Waals surface area contributed by atoms with Crippen LogP contribution in [0.15, 0.2) is 36.4 Å². The SMILES string of the molecule is Cc1ccccc1CNc1c(Cl)cc(N)cc1C(N)=O. The van der Waals surface area contributed by atoms with Gasteiger partial charge in [-0.2, -0.15) is 0 Å². The third-order valence-electron chi connectivity index (χ3n) is 3.09. The molecule has 5 N–H and O–H groups in total. The molecule has 0 aliphatic carbocycles. The number of nitrogens with two attached hydrogens (primary N) is 2. The van der Waals surface area contributed by atoms with E-state index in [1.54, 1.807) is 6.07 Å². The number of primary amides is 1. The predicted octanol–water partition coefficient (Wildman–Crippen LogP) is 2.94. The first-order valence-electron chi connectivity index (χ1n) is 6.16. The quantitative estimate of drug-likeness (QED) is 0.757. The summed E-state index contributed by atoms with van der Waals surface area (Å²) < 4.78 is 0. The zero-order valence-electron chi connectivity index (χ0n) is 11.1. The molecule has 5 heteroatoms. The van der Waals surface area contributed by atoms with E-state index in [1.807, 2.05) is 31.2 Å². The monoisotopic (exact) mass is 289 g/mol. The molecule has 0 bridgehead atoms. The third kappa shape index (κ3) is 3.03. The van der Waals surface area contributed by atoms with Crippen LogP contribution in [0.2, 0.25) is 5.02 Å². The number of hydrogen-bond donors (Lipinski definition) is 3.